The lowest BCUT2D eigenvalue weighted by atomic mass is 10.1. The van der Waals surface area contributed by atoms with E-state index in [2.05, 4.69) is 32.2 Å². The third-order valence-electron chi connectivity index (χ3n) is 4.58. The summed E-state index contributed by atoms with van der Waals surface area (Å²) in [5.41, 5.74) is 1.33. The molecule has 136 valence electrons. The van der Waals surface area contributed by atoms with Gasteiger partial charge < -0.3 is 5.11 Å². The lowest BCUT2D eigenvalue weighted by molar-refractivity contribution is 0.0411. The normalized spacial score (nSPS) is 20.8. The van der Waals surface area contributed by atoms with Gasteiger partial charge in [0.05, 0.1) is 12.6 Å². The fourth-order valence-electron chi connectivity index (χ4n) is 3.30. The number of hydrogen-bond donors (Lipinski definition) is 1. The standard InChI is InChI=1S/C17H25FN6O/c1-12-4-5-15(18)16(8-12)24-17(19-20-21-24)11-22-6-7-23(10-14(3)25)13(2)9-22/h4-5,8,13-14,25H,6-7,9-11H2,1-3H3. The van der Waals surface area contributed by atoms with E-state index in [1.54, 1.807) is 12.1 Å². The summed E-state index contributed by atoms with van der Waals surface area (Å²) in [7, 11) is 0. The molecule has 3 rings (SSSR count). The Bertz CT molecular complexity index is 719. The van der Waals surface area contributed by atoms with Gasteiger partial charge in [-0.05, 0) is 48.9 Å². The molecule has 0 bridgehead atoms. The van der Waals surface area contributed by atoms with Crippen molar-refractivity contribution in [3.63, 3.8) is 0 Å². The number of aryl methyl sites for hydroxylation is 1. The van der Waals surface area contributed by atoms with Gasteiger partial charge in [0.15, 0.2) is 5.82 Å². The Morgan fingerprint density at radius 3 is 2.88 bits per heavy atom. The highest BCUT2D eigenvalue weighted by atomic mass is 19.1. The van der Waals surface area contributed by atoms with Crippen LogP contribution in [0.5, 0.6) is 0 Å². The zero-order valence-electron chi connectivity index (χ0n) is 14.9. The Morgan fingerprint density at radius 1 is 1.36 bits per heavy atom. The van der Waals surface area contributed by atoms with Gasteiger partial charge in [0, 0.05) is 32.2 Å². The van der Waals surface area contributed by atoms with Crippen LogP contribution in [-0.4, -0.2) is 73.4 Å². The van der Waals surface area contributed by atoms with E-state index in [0.29, 0.717) is 30.6 Å². The molecule has 1 aliphatic heterocycles. The first-order valence-electron chi connectivity index (χ1n) is 8.62. The molecule has 2 heterocycles. The third kappa shape index (κ3) is 4.20. The maximum absolute atomic E-state index is 14.2. The van der Waals surface area contributed by atoms with Gasteiger partial charge in [0.25, 0.3) is 0 Å². The molecule has 8 heteroatoms. The summed E-state index contributed by atoms with van der Waals surface area (Å²) in [5, 5.41) is 21.4. The van der Waals surface area contributed by atoms with Gasteiger partial charge in [0.2, 0.25) is 0 Å². The van der Waals surface area contributed by atoms with Gasteiger partial charge in [-0.25, -0.2) is 4.39 Å². The number of piperazine rings is 1. The summed E-state index contributed by atoms with van der Waals surface area (Å²) in [6, 6.07) is 5.25. The minimum absolute atomic E-state index is 0.328. The highest BCUT2D eigenvalue weighted by molar-refractivity contribution is 5.36. The van der Waals surface area contributed by atoms with Crippen LogP contribution in [0, 0.1) is 12.7 Å². The summed E-state index contributed by atoms with van der Waals surface area (Å²) < 4.78 is 15.6. The van der Waals surface area contributed by atoms with E-state index >= 15 is 0 Å². The van der Waals surface area contributed by atoms with E-state index in [1.165, 1.54) is 10.7 Å². The number of aliphatic hydroxyl groups is 1. The van der Waals surface area contributed by atoms with E-state index in [9.17, 15) is 9.50 Å². The van der Waals surface area contributed by atoms with Crippen LogP contribution in [0.15, 0.2) is 18.2 Å². The molecule has 2 unspecified atom stereocenters. The van der Waals surface area contributed by atoms with Gasteiger partial charge in [-0.2, -0.15) is 4.68 Å². The molecule has 1 aromatic carbocycles. The molecule has 25 heavy (non-hydrogen) atoms. The third-order valence-corrected chi connectivity index (χ3v) is 4.58. The van der Waals surface area contributed by atoms with Gasteiger partial charge in [-0.3, -0.25) is 9.80 Å². The zero-order chi connectivity index (χ0) is 18.0. The van der Waals surface area contributed by atoms with Gasteiger partial charge in [-0.1, -0.05) is 6.07 Å². The smallest absolute Gasteiger partial charge is 0.170 e. The molecule has 2 aromatic rings. The maximum Gasteiger partial charge on any atom is 0.170 e. The van der Waals surface area contributed by atoms with Crippen molar-refractivity contribution in [1.82, 2.24) is 30.0 Å². The first kappa shape index (κ1) is 17.9. The quantitative estimate of drug-likeness (QED) is 0.869. The molecule has 0 radical (unpaired) electrons. The van der Waals surface area contributed by atoms with Crippen LogP contribution in [-0.2, 0) is 6.54 Å². The van der Waals surface area contributed by atoms with Crippen molar-refractivity contribution in [3.8, 4) is 5.69 Å². The van der Waals surface area contributed by atoms with Crippen LogP contribution in [0.3, 0.4) is 0 Å². The fourth-order valence-corrected chi connectivity index (χ4v) is 3.30. The van der Waals surface area contributed by atoms with E-state index in [1.807, 2.05) is 13.8 Å². The van der Waals surface area contributed by atoms with Crippen molar-refractivity contribution < 1.29 is 9.50 Å². The number of rotatable bonds is 5. The largest absolute Gasteiger partial charge is 0.392 e. The molecule has 2 atom stereocenters. The Balaban J connectivity index is 1.71. The topological polar surface area (TPSA) is 70.3 Å². The number of hydrogen-bond acceptors (Lipinski definition) is 6. The van der Waals surface area contributed by atoms with E-state index in [4.69, 9.17) is 0 Å². The molecule has 0 spiro atoms. The summed E-state index contributed by atoms with van der Waals surface area (Å²) in [5.74, 6) is 0.287. The van der Waals surface area contributed by atoms with Crippen LogP contribution in [0.4, 0.5) is 4.39 Å². The molecule has 1 aromatic heterocycles. The van der Waals surface area contributed by atoms with Crippen molar-refractivity contribution >= 4 is 0 Å². The number of nitrogens with zero attached hydrogens (tertiary/aromatic N) is 6. The Labute approximate surface area is 147 Å². The number of aromatic nitrogens is 4. The SMILES string of the molecule is Cc1ccc(F)c(-n2nnnc2CN2CCN(CC(C)O)C(C)C2)c1. The van der Waals surface area contributed by atoms with Crippen LogP contribution >= 0.6 is 0 Å². The van der Waals surface area contributed by atoms with Gasteiger partial charge >= 0.3 is 0 Å². The Kier molecular flexibility index (Phi) is 5.41. The number of benzene rings is 1. The Morgan fingerprint density at radius 2 is 2.16 bits per heavy atom. The molecule has 1 saturated heterocycles. The zero-order valence-corrected chi connectivity index (χ0v) is 14.9. The monoisotopic (exact) mass is 348 g/mol. The second-order valence-corrected chi connectivity index (χ2v) is 6.89. The summed E-state index contributed by atoms with van der Waals surface area (Å²) in [6.45, 7) is 9.72. The lowest BCUT2D eigenvalue weighted by Crippen LogP contribution is -2.53. The van der Waals surface area contributed by atoms with Crippen LogP contribution in [0.25, 0.3) is 5.69 Å². The summed E-state index contributed by atoms with van der Waals surface area (Å²) in [6.07, 6.45) is -0.328. The van der Waals surface area contributed by atoms with Crippen LogP contribution < -0.4 is 0 Å². The predicted octanol–water partition coefficient (Wildman–Crippen LogP) is 0.997. The minimum Gasteiger partial charge on any atom is -0.392 e. The first-order chi connectivity index (χ1) is 11.9. The van der Waals surface area contributed by atoms with Gasteiger partial charge in [0.1, 0.15) is 11.5 Å². The van der Waals surface area contributed by atoms with Crippen molar-refractivity contribution in [2.24, 2.45) is 0 Å². The fraction of sp³-hybridized carbons (Fsp3) is 0.588. The van der Waals surface area contributed by atoms with Crippen LogP contribution in [0.1, 0.15) is 25.2 Å². The number of tetrazole rings is 1. The molecule has 1 fully saturated rings. The second kappa shape index (κ2) is 7.55. The second-order valence-electron chi connectivity index (χ2n) is 6.89. The van der Waals surface area contributed by atoms with Crippen molar-refractivity contribution in [1.29, 1.82) is 0 Å². The van der Waals surface area contributed by atoms with E-state index in [0.717, 1.165) is 25.2 Å². The average molecular weight is 348 g/mol. The molecule has 7 nitrogen and oxygen atoms in total. The number of β-amino-alcohol motifs (C(OH)–C–C–N with tert-alkyl or cyclic N) is 1. The average Bonchev–Trinajstić information content (AvgIpc) is 3.00. The molecular weight excluding hydrogens is 323 g/mol. The first-order valence-corrected chi connectivity index (χ1v) is 8.62. The van der Waals surface area contributed by atoms with Crippen molar-refractivity contribution in [2.45, 2.75) is 39.5 Å². The molecule has 0 aliphatic carbocycles. The lowest BCUT2D eigenvalue weighted by Gasteiger charge is -2.40. The molecule has 0 amide bonds. The maximum atomic E-state index is 14.2. The highest BCUT2D eigenvalue weighted by Crippen LogP contribution is 2.17. The minimum atomic E-state index is -0.339. The predicted molar refractivity (Wildman–Crippen MR) is 91.8 cm³/mol. The van der Waals surface area contributed by atoms with Crippen molar-refractivity contribution in [3.05, 3.63) is 35.4 Å². The molecule has 1 aliphatic rings. The van der Waals surface area contributed by atoms with E-state index < -0.39 is 0 Å². The highest BCUT2D eigenvalue weighted by Gasteiger charge is 2.26. The molecule has 1 N–H and O–H groups in total. The van der Waals surface area contributed by atoms with Gasteiger partial charge in [-0.15, -0.1) is 5.10 Å². The van der Waals surface area contributed by atoms with Crippen molar-refractivity contribution in [2.75, 3.05) is 26.2 Å². The Hall–Kier alpha value is -1.90. The summed E-state index contributed by atoms with van der Waals surface area (Å²) >= 11 is 0. The molecule has 0 saturated carbocycles. The van der Waals surface area contributed by atoms with E-state index in [-0.39, 0.29) is 11.9 Å². The number of halogens is 1. The molecular formula is C17H25FN6O. The van der Waals surface area contributed by atoms with Crippen LogP contribution in [0.2, 0.25) is 0 Å². The summed E-state index contributed by atoms with van der Waals surface area (Å²) in [4.78, 5) is 4.55. The number of aliphatic hydroxyl groups excluding tert-OH is 1.